The molecular weight excluding hydrogens is 361 g/mol. The molecule has 0 saturated carbocycles. The van der Waals surface area contributed by atoms with Crippen molar-refractivity contribution in [1.29, 1.82) is 0 Å². The molecule has 1 atom stereocenters. The molecule has 1 unspecified atom stereocenters. The summed E-state index contributed by atoms with van der Waals surface area (Å²) in [7, 11) is 0. The van der Waals surface area contributed by atoms with Gasteiger partial charge in [-0.1, -0.05) is 0 Å². The number of anilines is 1. The highest BCUT2D eigenvalue weighted by Gasteiger charge is 2.28. The number of ether oxygens (including phenoxy) is 1. The fourth-order valence-corrected chi connectivity index (χ4v) is 3.59. The van der Waals surface area contributed by atoms with Gasteiger partial charge in [0, 0.05) is 31.7 Å². The summed E-state index contributed by atoms with van der Waals surface area (Å²) in [6, 6.07) is 9.99. The van der Waals surface area contributed by atoms with Gasteiger partial charge in [0.25, 0.3) is 0 Å². The Bertz CT molecular complexity index is 793. The lowest BCUT2D eigenvalue weighted by molar-refractivity contribution is -0.132. The number of nitrogens with one attached hydrogen (secondary N) is 1. The van der Waals surface area contributed by atoms with Gasteiger partial charge in [0.15, 0.2) is 5.82 Å². The highest BCUT2D eigenvalue weighted by Crippen LogP contribution is 2.23. The molecule has 0 aliphatic carbocycles. The molecule has 7 nitrogen and oxygen atoms in total. The van der Waals surface area contributed by atoms with Crippen LogP contribution in [0, 0.1) is 11.7 Å². The summed E-state index contributed by atoms with van der Waals surface area (Å²) >= 11 is 0. The minimum Gasteiger partial charge on any atom is -0.379 e. The quantitative estimate of drug-likeness (QED) is 0.866. The molecule has 2 aromatic rings. The summed E-state index contributed by atoms with van der Waals surface area (Å²) in [5.74, 6) is 0.468. The molecule has 2 fully saturated rings. The van der Waals surface area contributed by atoms with Crippen LogP contribution in [0.25, 0.3) is 11.3 Å². The van der Waals surface area contributed by atoms with Crippen LogP contribution in [0.5, 0.6) is 0 Å². The molecule has 1 aromatic heterocycles. The molecule has 4 rings (SSSR count). The third kappa shape index (κ3) is 4.45. The van der Waals surface area contributed by atoms with Crippen molar-refractivity contribution >= 4 is 11.7 Å². The third-order valence-electron chi connectivity index (χ3n) is 5.19. The summed E-state index contributed by atoms with van der Waals surface area (Å²) in [6.45, 7) is 4.21. The van der Waals surface area contributed by atoms with Crippen LogP contribution < -0.4 is 10.3 Å². The molecule has 3 heterocycles. The van der Waals surface area contributed by atoms with Gasteiger partial charge in [-0.3, -0.25) is 10.2 Å². The zero-order valence-electron chi connectivity index (χ0n) is 15.7. The van der Waals surface area contributed by atoms with E-state index in [-0.39, 0.29) is 17.6 Å². The molecule has 28 heavy (non-hydrogen) atoms. The summed E-state index contributed by atoms with van der Waals surface area (Å²) in [5.41, 5.74) is 4.53. The number of hydrogen-bond acceptors (Lipinski definition) is 6. The molecular formula is C20H24FN5O2. The van der Waals surface area contributed by atoms with Crippen LogP contribution in [0.2, 0.25) is 0 Å². The molecule has 8 heteroatoms. The predicted molar refractivity (Wildman–Crippen MR) is 103 cm³/mol. The first kappa shape index (κ1) is 18.8. The highest BCUT2D eigenvalue weighted by molar-refractivity contribution is 5.79. The van der Waals surface area contributed by atoms with Crippen molar-refractivity contribution in [2.24, 2.45) is 5.92 Å². The molecule has 2 saturated heterocycles. The van der Waals surface area contributed by atoms with Crippen LogP contribution >= 0.6 is 0 Å². The predicted octanol–water partition coefficient (Wildman–Crippen LogP) is 1.86. The Balaban J connectivity index is 1.38. The van der Waals surface area contributed by atoms with Crippen molar-refractivity contribution in [3.8, 4) is 11.3 Å². The maximum absolute atomic E-state index is 13.1. The lowest BCUT2D eigenvalue weighted by atomic mass is 9.97. The van der Waals surface area contributed by atoms with E-state index in [1.807, 2.05) is 17.1 Å². The van der Waals surface area contributed by atoms with E-state index in [2.05, 4.69) is 20.5 Å². The topological polar surface area (TPSA) is 70.6 Å². The van der Waals surface area contributed by atoms with E-state index in [0.717, 1.165) is 43.9 Å². The van der Waals surface area contributed by atoms with Gasteiger partial charge in [0.2, 0.25) is 5.91 Å². The number of halogens is 1. The van der Waals surface area contributed by atoms with Gasteiger partial charge in [0.1, 0.15) is 5.82 Å². The summed E-state index contributed by atoms with van der Waals surface area (Å²) in [5, 5.41) is 10.5. The second-order valence-corrected chi connectivity index (χ2v) is 7.14. The number of aromatic nitrogens is 2. The van der Waals surface area contributed by atoms with Crippen LogP contribution in [0.3, 0.4) is 0 Å². The number of rotatable bonds is 4. The average molecular weight is 385 g/mol. The van der Waals surface area contributed by atoms with E-state index in [1.165, 1.54) is 12.1 Å². The van der Waals surface area contributed by atoms with Gasteiger partial charge in [0.05, 0.1) is 24.8 Å². The van der Waals surface area contributed by atoms with Crippen LogP contribution in [-0.2, 0) is 9.53 Å². The first-order chi connectivity index (χ1) is 13.7. The molecule has 1 amide bonds. The number of carbonyl (C=O) groups excluding carboxylic acids is 1. The molecule has 1 N–H and O–H groups in total. The molecule has 1 aromatic carbocycles. The average Bonchev–Trinajstić information content (AvgIpc) is 2.75. The zero-order valence-corrected chi connectivity index (χ0v) is 15.7. The van der Waals surface area contributed by atoms with Crippen molar-refractivity contribution in [2.75, 3.05) is 44.3 Å². The largest absolute Gasteiger partial charge is 0.379 e. The number of hydrazine groups is 1. The first-order valence-corrected chi connectivity index (χ1v) is 9.67. The number of piperidine rings is 1. The number of amides is 1. The van der Waals surface area contributed by atoms with Gasteiger partial charge in [-0.05, 0) is 49.2 Å². The van der Waals surface area contributed by atoms with E-state index < -0.39 is 0 Å². The molecule has 0 spiro atoms. The van der Waals surface area contributed by atoms with Crippen LogP contribution in [-0.4, -0.2) is 60.5 Å². The molecule has 2 aliphatic heterocycles. The molecule has 2 aliphatic rings. The van der Waals surface area contributed by atoms with E-state index >= 15 is 0 Å². The van der Waals surface area contributed by atoms with Gasteiger partial charge < -0.3 is 9.64 Å². The number of carbonyl (C=O) groups is 1. The minimum atomic E-state index is -0.275. The van der Waals surface area contributed by atoms with Crippen molar-refractivity contribution < 1.29 is 13.9 Å². The fourth-order valence-electron chi connectivity index (χ4n) is 3.59. The van der Waals surface area contributed by atoms with Gasteiger partial charge in [-0.25, -0.2) is 9.40 Å². The number of morpholine rings is 1. The van der Waals surface area contributed by atoms with Gasteiger partial charge in [-0.2, -0.15) is 0 Å². The van der Waals surface area contributed by atoms with Crippen molar-refractivity contribution in [3.05, 3.63) is 42.2 Å². The first-order valence-electron chi connectivity index (χ1n) is 9.67. The summed E-state index contributed by atoms with van der Waals surface area (Å²) < 4.78 is 18.4. The Morgan fingerprint density at radius 3 is 2.57 bits per heavy atom. The Kier molecular flexibility index (Phi) is 5.78. The van der Waals surface area contributed by atoms with E-state index in [4.69, 9.17) is 4.74 Å². The molecule has 0 radical (unpaired) electrons. The Hall–Kier alpha value is -2.58. The molecule has 0 bridgehead atoms. The second-order valence-electron chi connectivity index (χ2n) is 7.14. The number of hydrogen-bond donors (Lipinski definition) is 1. The zero-order chi connectivity index (χ0) is 19.3. The summed E-state index contributed by atoms with van der Waals surface area (Å²) in [6.07, 6.45) is 1.80. The van der Waals surface area contributed by atoms with E-state index in [1.54, 1.807) is 12.1 Å². The lowest BCUT2D eigenvalue weighted by Crippen LogP contribution is -2.52. The fraction of sp³-hybridized carbons (Fsp3) is 0.450. The van der Waals surface area contributed by atoms with Crippen LogP contribution in [0.15, 0.2) is 36.4 Å². The summed E-state index contributed by atoms with van der Waals surface area (Å²) in [4.78, 5) is 14.7. The maximum atomic E-state index is 13.1. The SMILES string of the molecule is O=C(NN1CCOCC1)C1CCCN(c2ccc(-c3ccc(F)cc3)nn2)C1. The Morgan fingerprint density at radius 2 is 1.86 bits per heavy atom. The lowest BCUT2D eigenvalue weighted by Gasteiger charge is -2.34. The normalized spacial score (nSPS) is 20.8. The molecule has 148 valence electrons. The number of nitrogens with zero attached hydrogens (tertiary/aromatic N) is 4. The van der Waals surface area contributed by atoms with Crippen LogP contribution in [0.1, 0.15) is 12.8 Å². The second kappa shape index (κ2) is 8.62. The van der Waals surface area contributed by atoms with Crippen LogP contribution in [0.4, 0.5) is 10.2 Å². The minimum absolute atomic E-state index is 0.0579. The van der Waals surface area contributed by atoms with Crippen molar-refractivity contribution in [3.63, 3.8) is 0 Å². The smallest absolute Gasteiger partial charge is 0.239 e. The van der Waals surface area contributed by atoms with Crippen molar-refractivity contribution in [2.45, 2.75) is 12.8 Å². The van der Waals surface area contributed by atoms with Gasteiger partial charge in [-0.15, -0.1) is 10.2 Å². The Morgan fingerprint density at radius 1 is 1.07 bits per heavy atom. The number of benzene rings is 1. The van der Waals surface area contributed by atoms with Crippen molar-refractivity contribution in [1.82, 2.24) is 20.6 Å². The highest BCUT2D eigenvalue weighted by atomic mass is 19.1. The maximum Gasteiger partial charge on any atom is 0.239 e. The monoisotopic (exact) mass is 385 g/mol. The van der Waals surface area contributed by atoms with E-state index in [9.17, 15) is 9.18 Å². The third-order valence-corrected chi connectivity index (χ3v) is 5.19. The van der Waals surface area contributed by atoms with E-state index in [0.29, 0.717) is 25.5 Å². The van der Waals surface area contributed by atoms with Gasteiger partial charge >= 0.3 is 0 Å². The Labute approximate surface area is 163 Å². The standard InChI is InChI=1S/C20H24FN5O2/c21-17-5-3-15(4-6-17)18-7-8-19(23-22-18)25-9-1-2-16(14-25)20(27)24-26-10-12-28-13-11-26/h3-8,16H,1-2,9-14H2,(H,24,27).